The van der Waals surface area contributed by atoms with E-state index < -0.39 is 0 Å². The number of hydrogen-bond donors (Lipinski definition) is 1. The monoisotopic (exact) mass is 235 g/mol. The van der Waals surface area contributed by atoms with Gasteiger partial charge in [-0.15, -0.1) is 0 Å². The Morgan fingerprint density at radius 2 is 1.94 bits per heavy atom. The van der Waals surface area contributed by atoms with Crippen molar-refractivity contribution in [3.63, 3.8) is 0 Å². The van der Waals surface area contributed by atoms with E-state index >= 15 is 0 Å². The van der Waals surface area contributed by atoms with Crippen LogP contribution in [0.1, 0.15) is 31.7 Å². The van der Waals surface area contributed by atoms with Gasteiger partial charge in [-0.1, -0.05) is 37.3 Å². The molecule has 0 radical (unpaired) electrons. The molecule has 1 aromatic rings. The molecule has 2 nitrogen and oxygen atoms in total. The minimum Gasteiger partial charge on any atom is -0.385 e. The van der Waals surface area contributed by atoms with Gasteiger partial charge in [0.15, 0.2) is 0 Å². The number of nitrogens with one attached hydrogen (secondary N) is 1. The lowest BCUT2D eigenvalue weighted by molar-refractivity contribution is 0.181. The average Bonchev–Trinajstić information content (AvgIpc) is 2.39. The van der Waals surface area contributed by atoms with Crippen molar-refractivity contribution in [3.8, 4) is 0 Å². The van der Waals surface area contributed by atoms with Gasteiger partial charge in [0, 0.05) is 19.8 Å². The number of benzene rings is 1. The standard InChI is InChI=1S/C15H25NO/c1-3-12-16-15(11-13-17-2)10-9-14-7-5-4-6-8-14/h4-8,15-16H,3,9-13H2,1-2H3. The zero-order valence-electron chi connectivity index (χ0n) is 11.1. The summed E-state index contributed by atoms with van der Waals surface area (Å²) < 4.78 is 5.16. The van der Waals surface area contributed by atoms with Crippen LogP contribution in [0.2, 0.25) is 0 Å². The highest BCUT2D eigenvalue weighted by atomic mass is 16.5. The Kier molecular flexibility index (Phi) is 7.69. The lowest BCUT2D eigenvalue weighted by Crippen LogP contribution is -2.31. The van der Waals surface area contributed by atoms with Crippen molar-refractivity contribution >= 4 is 0 Å². The molecule has 0 aromatic heterocycles. The van der Waals surface area contributed by atoms with E-state index in [1.165, 1.54) is 18.4 Å². The van der Waals surface area contributed by atoms with E-state index in [9.17, 15) is 0 Å². The first-order valence-corrected chi connectivity index (χ1v) is 6.63. The fraction of sp³-hybridized carbons (Fsp3) is 0.600. The van der Waals surface area contributed by atoms with Crippen molar-refractivity contribution in [2.24, 2.45) is 0 Å². The zero-order chi connectivity index (χ0) is 12.3. The molecule has 2 heteroatoms. The van der Waals surface area contributed by atoms with Crippen molar-refractivity contribution in [2.75, 3.05) is 20.3 Å². The molecule has 0 bridgehead atoms. The van der Waals surface area contributed by atoms with Gasteiger partial charge in [-0.25, -0.2) is 0 Å². The van der Waals surface area contributed by atoms with Crippen LogP contribution < -0.4 is 5.32 Å². The second kappa shape index (κ2) is 9.20. The largest absolute Gasteiger partial charge is 0.385 e. The summed E-state index contributed by atoms with van der Waals surface area (Å²) >= 11 is 0. The molecule has 0 heterocycles. The summed E-state index contributed by atoms with van der Waals surface area (Å²) in [6.07, 6.45) is 4.62. The highest BCUT2D eigenvalue weighted by molar-refractivity contribution is 5.14. The Labute approximate surface area is 105 Å². The molecule has 1 atom stereocenters. The molecule has 1 unspecified atom stereocenters. The third kappa shape index (κ3) is 6.44. The van der Waals surface area contributed by atoms with Crippen LogP contribution >= 0.6 is 0 Å². The minimum absolute atomic E-state index is 0.579. The zero-order valence-corrected chi connectivity index (χ0v) is 11.1. The van der Waals surface area contributed by atoms with E-state index in [-0.39, 0.29) is 0 Å². The molecular weight excluding hydrogens is 210 g/mol. The van der Waals surface area contributed by atoms with Crippen LogP contribution in [-0.4, -0.2) is 26.3 Å². The molecule has 1 rings (SSSR count). The fourth-order valence-electron chi connectivity index (χ4n) is 1.94. The lowest BCUT2D eigenvalue weighted by Gasteiger charge is -2.18. The van der Waals surface area contributed by atoms with Crippen LogP contribution in [-0.2, 0) is 11.2 Å². The number of rotatable bonds is 9. The lowest BCUT2D eigenvalue weighted by atomic mass is 10.0. The third-order valence-electron chi connectivity index (χ3n) is 2.98. The van der Waals surface area contributed by atoms with Gasteiger partial charge < -0.3 is 10.1 Å². The maximum atomic E-state index is 5.16. The van der Waals surface area contributed by atoms with Gasteiger partial charge in [0.2, 0.25) is 0 Å². The van der Waals surface area contributed by atoms with Crippen LogP contribution in [0.3, 0.4) is 0 Å². The Morgan fingerprint density at radius 1 is 1.18 bits per heavy atom. The predicted octanol–water partition coefficient (Wildman–Crippen LogP) is 3.02. The molecule has 1 N–H and O–H groups in total. The van der Waals surface area contributed by atoms with Crippen molar-refractivity contribution in [3.05, 3.63) is 35.9 Å². The highest BCUT2D eigenvalue weighted by Crippen LogP contribution is 2.07. The first-order valence-electron chi connectivity index (χ1n) is 6.63. The van der Waals surface area contributed by atoms with E-state index in [0.29, 0.717) is 6.04 Å². The number of hydrogen-bond acceptors (Lipinski definition) is 2. The van der Waals surface area contributed by atoms with Gasteiger partial charge in [-0.05, 0) is 37.8 Å². The van der Waals surface area contributed by atoms with E-state index in [4.69, 9.17) is 4.74 Å². The van der Waals surface area contributed by atoms with E-state index in [2.05, 4.69) is 42.6 Å². The summed E-state index contributed by atoms with van der Waals surface area (Å²) in [5.74, 6) is 0. The van der Waals surface area contributed by atoms with Crippen molar-refractivity contribution in [1.82, 2.24) is 5.32 Å². The average molecular weight is 235 g/mol. The molecule has 0 saturated heterocycles. The van der Waals surface area contributed by atoms with Gasteiger partial charge in [-0.3, -0.25) is 0 Å². The van der Waals surface area contributed by atoms with Crippen LogP contribution in [0.4, 0.5) is 0 Å². The molecule has 0 aliphatic carbocycles. The predicted molar refractivity (Wildman–Crippen MR) is 73.3 cm³/mol. The molecule has 96 valence electrons. The maximum absolute atomic E-state index is 5.16. The summed E-state index contributed by atoms with van der Waals surface area (Å²) in [5, 5.41) is 3.59. The molecular formula is C15H25NO. The molecule has 0 saturated carbocycles. The minimum atomic E-state index is 0.579. The SMILES string of the molecule is CCCNC(CCOC)CCc1ccccc1. The highest BCUT2D eigenvalue weighted by Gasteiger charge is 2.07. The number of methoxy groups -OCH3 is 1. The molecule has 0 spiro atoms. The van der Waals surface area contributed by atoms with Gasteiger partial charge in [0.25, 0.3) is 0 Å². The third-order valence-corrected chi connectivity index (χ3v) is 2.98. The molecule has 1 aromatic carbocycles. The smallest absolute Gasteiger partial charge is 0.0477 e. The second-order valence-electron chi connectivity index (χ2n) is 4.46. The molecule has 0 amide bonds. The number of ether oxygens (including phenoxy) is 1. The van der Waals surface area contributed by atoms with Gasteiger partial charge in [-0.2, -0.15) is 0 Å². The van der Waals surface area contributed by atoms with E-state index in [1.807, 2.05) is 0 Å². The Balaban J connectivity index is 2.31. The van der Waals surface area contributed by atoms with E-state index in [0.717, 1.165) is 26.0 Å². The van der Waals surface area contributed by atoms with Crippen LogP contribution in [0.15, 0.2) is 30.3 Å². The molecule has 0 aliphatic rings. The maximum Gasteiger partial charge on any atom is 0.0477 e. The van der Waals surface area contributed by atoms with Gasteiger partial charge in [0.1, 0.15) is 0 Å². The fourth-order valence-corrected chi connectivity index (χ4v) is 1.94. The van der Waals surface area contributed by atoms with Crippen LogP contribution in [0.5, 0.6) is 0 Å². The Bertz CT molecular complexity index is 266. The first-order chi connectivity index (χ1) is 8.36. The normalized spacial score (nSPS) is 12.6. The Morgan fingerprint density at radius 3 is 2.59 bits per heavy atom. The van der Waals surface area contributed by atoms with Crippen LogP contribution in [0.25, 0.3) is 0 Å². The summed E-state index contributed by atoms with van der Waals surface area (Å²) in [7, 11) is 1.77. The van der Waals surface area contributed by atoms with E-state index in [1.54, 1.807) is 7.11 Å². The summed E-state index contributed by atoms with van der Waals surface area (Å²) in [6.45, 7) is 4.15. The van der Waals surface area contributed by atoms with Crippen molar-refractivity contribution in [1.29, 1.82) is 0 Å². The summed E-state index contributed by atoms with van der Waals surface area (Å²) in [5.41, 5.74) is 1.42. The summed E-state index contributed by atoms with van der Waals surface area (Å²) in [6, 6.07) is 11.3. The Hall–Kier alpha value is -0.860. The van der Waals surface area contributed by atoms with Crippen LogP contribution in [0, 0.1) is 0 Å². The quantitative estimate of drug-likeness (QED) is 0.710. The summed E-state index contributed by atoms with van der Waals surface area (Å²) in [4.78, 5) is 0. The molecule has 0 fully saturated rings. The van der Waals surface area contributed by atoms with Gasteiger partial charge in [0.05, 0.1) is 0 Å². The first kappa shape index (κ1) is 14.2. The topological polar surface area (TPSA) is 21.3 Å². The second-order valence-corrected chi connectivity index (χ2v) is 4.46. The van der Waals surface area contributed by atoms with Gasteiger partial charge >= 0.3 is 0 Å². The number of aryl methyl sites for hydroxylation is 1. The van der Waals surface area contributed by atoms with Crippen molar-refractivity contribution in [2.45, 2.75) is 38.6 Å². The van der Waals surface area contributed by atoms with Crippen molar-refractivity contribution < 1.29 is 4.74 Å². The molecule has 17 heavy (non-hydrogen) atoms. The molecule has 0 aliphatic heterocycles.